The van der Waals surface area contributed by atoms with Crippen LogP contribution in [-0.4, -0.2) is 16.5 Å². The number of aromatic nitrogens is 1. The van der Waals surface area contributed by atoms with Crippen LogP contribution in [-0.2, 0) is 13.1 Å². The fourth-order valence-corrected chi connectivity index (χ4v) is 2.40. The van der Waals surface area contributed by atoms with Crippen LogP contribution in [0.5, 0.6) is 0 Å². The molecule has 5 nitrogen and oxygen atoms in total. The van der Waals surface area contributed by atoms with E-state index in [9.17, 15) is 10.1 Å². The topological polar surface area (TPSA) is 60.1 Å². The molecule has 6 heteroatoms. The van der Waals surface area contributed by atoms with Gasteiger partial charge >= 0.3 is 0 Å². The van der Waals surface area contributed by atoms with Crippen molar-refractivity contribution in [1.29, 1.82) is 0 Å². The summed E-state index contributed by atoms with van der Waals surface area (Å²) in [6.45, 7) is 1.47. The minimum Gasteiger partial charge on any atom is -0.346 e. The molecule has 1 heterocycles. The number of nitro benzene ring substituents is 1. The van der Waals surface area contributed by atoms with Gasteiger partial charge in [0.15, 0.2) is 0 Å². The quantitative estimate of drug-likeness (QED) is 0.679. The van der Waals surface area contributed by atoms with E-state index in [0.717, 1.165) is 16.6 Å². The second-order valence-corrected chi connectivity index (χ2v) is 5.04. The highest BCUT2D eigenvalue weighted by molar-refractivity contribution is 9.10. The average Bonchev–Trinajstić information content (AvgIpc) is 2.79. The fraction of sp³-hybridized carbons (Fsp3) is 0.231. The lowest BCUT2D eigenvalue weighted by Crippen LogP contribution is -2.11. The highest BCUT2D eigenvalue weighted by Gasteiger charge is 2.10. The van der Waals surface area contributed by atoms with Gasteiger partial charge in [0.2, 0.25) is 0 Å². The monoisotopic (exact) mass is 323 g/mol. The Bertz CT molecular complexity index is 595. The lowest BCUT2D eigenvalue weighted by atomic mass is 10.2. The molecule has 0 saturated heterocycles. The summed E-state index contributed by atoms with van der Waals surface area (Å²) >= 11 is 3.39. The SMILES string of the molecule is CNCc1cccn1Cc1ccc([N+](=O)[O-])cc1Br. The van der Waals surface area contributed by atoms with Crippen molar-refractivity contribution in [2.75, 3.05) is 7.05 Å². The molecule has 0 spiro atoms. The molecule has 0 saturated carbocycles. The van der Waals surface area contributed by atoms with Crippen LogP contribution in [0.15, 0.2) is 41.0 Å². The highest BCUT2D eigenvalue weighted by atomic mass is 79.9. The summed E-state index contributed by atoms with van der Waals surface area (Å²) in [6.07, 6.45) is 2.00. The Morgan fingerprint density at radius 3 is 2.84 bits per heavy atom. The van der Waals surface area contributed by atoms with Crippen molar-refractivity contribution in [1.82, 2.24) is 9.88 Å². The third-order valence-electron chi connectivity index (χ3n) is 2.87. The van der Waals surface area contributed by atoms with E-state index in [2.05, 4.69) is 31.9 Å². The highest BCUT2D eigenvalue weighted by Crippen LogP contribution is 2.24. The molecule has 0 fully saturated rings. The summed E-state index contributed by atoms with van der Waals surface area (Å²) in [6, 6.07) is 8.89. The van der Waals surface area contributed by atoms with E-state index in [1.54, 1.807) is 6.07 Å². The summed E-state index contributed by atoms with van der Waals surface area (Å²) in [5.74, 6) is 0. The van der Waals surface area contributed by atoms with Crippen LogP contribution in [0.3, 0.4) is 0 Å². The maximum Gasteiger partial charge on any atom is 0.270 e. The molecular formula is C13H14BrN3O2. The van der Waals surface area contributed by atoms with Crippen LogP contribution in [0.4, 0.5) is 5.69 Å². The molecule has 1 N–H and O–H groups in total. The van der Waals surface area contributed by atoms with Crippen LogP contribution in [0, 0.1) is 10.1 Å². The number of non-ortho nitro benzene ring substituents is 1. The Morgan fingerprint density at radius 1 is 1.42 bits per heavy atom. The number of rotatable bonds is 5. The van der Waals surface area contributed by atoms with Gasteiger partial charge in [0.25, 0.3) is 5.69 Å². The average molecular weight is 324 g/mol. The van der Waals surface area contributed by atoms with E-state index >= 15 is 0 Å². The van der Waals surface area contributed by atoms with Gasteiger partial charge in [-0.3, -0.25) is 10.1 Å². The third kappa shape index (κ3) is 3.21. The molecule has 0 atom stereocenters. The van der Waals surface area contributed by atoms with Crippen molar-refractivity contribution >= 4 is 21.6 Å². The predicted octanol–water partition coefficient (Wildman–Crippen LogP) is 2.93. The Kier molecular flexibility index (Phi) is 4.34. The summed E-state index contributed by atoms with van der Waals surface area (Å²) < 4.78 is 2.87. The molecule has 0 aliphatic rings. The third-order valence-corrected chi connectivity index (χ3v) is 3.61. The van der Waals surface area contributed by atoms with Crippen molar-refractivity contribution in [2.24, 2.45) is 0 Å². The zero-order chi connectivity index (χ0) is 13.8. The van der Waals surface area contributed by atoms with Crippen molar-refractivity contribution in [3.63, 3.8) is 0 Å². The van der Waals surface area contributed by atoms with Gasteiger partial charge in [-0.15, -0.1) is 0 Å². The molecule has 19 heavy (non-hydrogen) atoms. The molecule has 0 radical (unpaired) electrons. The van der Waals surface area contributed by atoms with Crippen molar-refractivity contribution < 1.29 is 4.92 Å². The van der Waals surface area contributed by atoms with Crippen molar-refractivity contribution in [3.05, 3.63) is 62.4 Å². The Labute approximate surface area is 119 Å². The number of nitrogens with one attached hydrogen (secondary N) is 1. The summed E-state index contributed by atoms with van der Waals surface area (Å²) in [4.78, 5) is 10.3. The lowest BCUT2D eigenvalue weighted by Gasteiger charge is -2.10. The normalized spacial score (nSPS) is 10.6. The largest absolute Gasteiger partial charge is 0.346 e. The van der Waals surface area contributed by atoms with Gasteiger partial charge in [-0.25, -0.2) is 0 Å². The maximum atomic E-state index is 10.7. The molecule has 2 rings (SSSR count). The van der Waals surface area contributed by atoms with Crippen molar-refractivity contribution in [2.45, 2.75) is 13.1 Å². The van der Waals surface area contributed by atoms with Crippen LogP contribution in [0.2, 0.25) is 0 Å². The van der Waals surface area contributed by atoms with E-state index in [-0.39, 0.29) is 5.69 Å². The van der Waals surface area contributed by atoms with Crippen LogP contribution in [0.25, 0.3) is 0 Å². The number of benzene rings is 1. The van der Waals surface area contributed by atoms with Crippen LogP contribution in [0.1, 0.15) is 11.3 Å². The van der Waals surface area contributed by atoms with Gasteiger partial charge in [0.05, 0.1) is 4.92 Å². The summed E-state index contributed by atoms with van der Waals surface area (Å²) in [5.41, 5.74) is 2.28. The molecule has 2 aromatic rings. The standard InChI is InChI=1S/C13H14BrN3O2/c1-15-8-12-3-2-6-16(12)9-10-4-5-11(17(18)19)7-13(10)14/h2-7,15H,8-9H2,1H3. The van der Waals surface area contributed by atoms with E-state index in [1.165, 1.54) is 17.8 Å². The number of halogens is 1. The van der Waals surface area contributed by atoms with Crippen LogP contribution < -0.4 is 5.32 Å². The first-order chi connectivity index (χ1) is 9.11. The zero-order valence-electron chi connectivity index (χ0n) is 10.5. The first kappa shape index (κ1) is 13.8. The van der Waals surface area contributed by atoms with E-state index in [1.807, 2.05) is 19.3 Å². The Morgan fingerprint density at radius 2 is 2.21 bits per heavy atom. The van der Waals surface area contributed by atoms with Crippen molar-refractivity contribution in [3.8, 4) is 0 Å². The van der Waals surface area contributed by atoms with Gasteiger partial charge in [-0.1, -0.05) is 15.9 Å². The summed E-state index contributed by atoms with van der Waals surface area (Å²) in [7, 11) is 1.90. The smallest absolute Gasteiger partial charge is 0.270 e. The number of nitrogens with zero attached hydrogens (tertiary/aromatic N) is 2. The Balaban J connectivity index is 2.23. The van der Waals surface area contributed by atoms with E-state index in [4.69, 9.17) is 0 Å². The second-order valence-electron chi connectivity index (χ2n) is 4.19. The zero-order valence-corrected chi connectivity index (χ0v) is 12.1. The second kappa shape index (κ2) is 5.99. The van der Waals surface area contributed by atoms with Gasteiger partial charge in [0.1, 0.15) is 0 Å². The van der Waals surface area contributed by atoms with Gasteiger partial charge in [-0.05, 0) is 30.8 Å². The number of hydrogen-bond donors (Lipinski definition) is 1. The maximum absolute atomic E-state index is 10.7. The molecule has 0 unspecified atom stereocenters. The molecule has 1 aromatic carbocycles. The van der Waals surface area contributed by atoms with Gasteiger partial charge in [-0.2, -0.15) is 0 Å². The van der Waals surface area contributed by atoms with E-state index < -0.39 is 4.92 Å². The molecular weight excluding hydrogens is 310 g/mol. The first-order valence-electron chi connectivity index (χ1n) is 5.83. The minimum atomic E-state index is -0.392. The molecule has 100 valence electrons. The molecule has 1 aromatic heterocycles. The molecule has 0 bridgehead atoms. The fourth-order valence-electron chi connectivity index (χ4n) is 1.91. The molecule has 0 amide bonds. The Hall–Kier alpha value is -1.66. The number of hydrogen-bond acceptors (Lipinski definition) is 3. The van der Waals surface area contributed by atoms with Gasteiger partial charge in [0, 0.05) is 41.6 Å². The van der Waals surface area contributed by atoms with Gasteiger partial charge < -0.3 is 9.88 Å². The lowest BCUT2D eigenvalue weighted by molar-refractivity contribution is -0.384. The predicted molar refractivity (Wildman–Crippen MR) is 77.1 cm³/mol. The van der Waals surface area contributed by atoms with E-state index in [0.29, 0.717) is 6.54 Å². The first-order valence-corrected chi connectivity index (χ1v) is 6.62. The summed E-state index contributed by atoms with van der Waals surface area (Å²) in [5, 5.41) is 13.8. The number of nitro groups is 1. The van der Waals surface area contributed by atoms with Crippen LogP contribution >= 0.6 is 15.9 Å². The molecule has 0 aliphatic carbocycles. The minimum absolute atomic E-state index is 0.0959. The molecule has 0 aliphatic heterocycles.